The van der Waals surface area contributed by atoms with Gasteiger partial charge in [0.25, 0.3) is 5.56 Å². The molecule has 2 aromatic carbocycles. The van der Waals surface area contributed by atoms with Crippen molar-refractivity contribution in [2.75, 3.05) is 0 Å². The molecule has 0 aliphatic carbocycles. The third-order valence-corrected chi connectivity index (χ3v) is 3.41. The van der Waals surface area contributed by atoms with Crippen LogP contribution in [0.25, 0.3) is 21.9 Å². The Hall–Kier alpha value is -2.29. The molecule has 0 fully saturated rings. The maximum Gasteiger partial charge on any atom is 0.272 e. The van der Waals surface area contributed by atoms with Gasteiger partial charge in [0.1, 0.15) is 0 Å². The quantitative estimate of drug-likeness (QED) is 0.736. The molecule has 0 radical (unpaired) electrons. The number of hydrogen-bond donors (Lipinski definition) is 2. The van der Waals surface area contributed by atoms with E-state index < -0.39 is 0 Å². The van der Waals surface area contributed by atoms with Crippen molar-refractivity contribution in [2.24, 2.45) is 0 Å². The van der Waals surface area contributed by atoms with Crippen LogP contribution in [-0.4, -0.2) is 10.2 Å². The molecule has 0 saturated carbocycles. The first-order chi connectivity index (χ1) is 9.31. The third-order valence-electron chi connectivity index (χ3n) is 3.41. The molecule has 3 heteroatoms. The standard InChI is InChI=1S/C16H16N2O/c1-2-6-14-15(16(19)18-17-14)13-10-5-8-11-7-3-4-9-12(11)13/h3-5,7-10H,2,6H2,1H3,(H2,17,18,19). The van der Waals surface area contributed by atoms with E-state index in [1.54, 1.807) is 0 Å². The van der Waals surface area contributed by atoms with E-state index in [1.165, 1.54) is 0 Å². The number of aromatic nitrogens is 2. The van der Waals surface area contributed by atoms with E-state index in [0.717, 1.165) is 40.4 Å². The van der Waals surface area contributed by atoms with Gasteiger partial charge in [0.2, 0.25) is 0 Å². The van der Waals surface area contributed by atoms with E-state index in [1.807, 2.05) is 24.3 Å². The minimum Gasteiger partial charge on any atom is -0.302 e. The second-order valence-corrected chi connectivity index (χ2v) is 4.71. The van der Waals surface area contributed by atoms with Gasteiger partial charge in [-0.25, -0.2) is 0 Å². The molecule has 1 aromatic heterocycles. The Labute approximate surface area is 111 Å². The number of aromatic amines is 2. The zero-order valence-corrected chi connectivity index (χ0v) is 10.9. The van der Waals surface area contributed by atoms with Crippen molar-refractivity contribution in [1.82, 2.24) is 10.2 Å². The van der Waals surface area contributed by atoms with Crippen LogP contribution in [0.5, 0.6) is 0 Å². The van der Waals surface area contributed by atoms with E-state index in [0.29, 0.717) is 0 Å². The number of rotatable bonds is 3. The Bertz CT molecular complexity index is 762. The van der Waals surface area contributed by atoms with Crippen LogP contribution >= 0.6 is 0 Å². The van der Waals surface area contributed by atoms with Crippen molar-refractivity contribution < 1.29 is 0 Å². The van der Waals surface area contributed by atoms with Crippen LogP contribution in [0.3, 0.4) is 0 Å². The molecule has 0 bridgehead atoms. The lowest BCUT2D eigenvalue weighted by Gasteiger charge is -2.06. The maximum absolute atomic E-state index is 12.1. The summed E-state index contributed by atoms with van der Waals surface area (Å²) >= 11 is 0. The summed E-state index contributed by atoms with van der Waals surface area (Å²) in [6, 6.07) is 14.2. The first-order valence-electron chi connectivity index (χ1n) is 6.59. The molecule has 19 heavy (non-hydrogen) atoms. The number of hydrogen-bond acceptors (Lipinski definition) is 1. The summed E-state index contributed by atoms with van der Waals surface area (Å²) in [5.74, 6) is 0. The van der Waals surface area contributed by atoms with E-state index in [2.05, 4.69) is 35.3 Å². The summed E-state index contributed by atoms with van der Waals surface area (Å²) in [7, 11) is 0. The van der Waals surface area contributed by atoms with Crippen LogP contribution in [-0.2, 0) is 6.42 Å². The smallest absolute Gasteiger partial charge is 0.272 e. The van der Waals surface area contributed by atoms with Crippen LogP contribution in [0.2, 0.25) is 0 Å². The fraction of sp³-hybridized carbons (Fsp3) is 0.188. The number of aryl methyl sites for hydroxylation is 1. The summed E-state index contributed by atoms with van der Waals surface area (Å²) in [6.07, 6.45) is 1.88. The lowest BCUT2D eigenvalue weighted by Crippen LogP contribution is -2.02. The van der Waals surface area contributed by atoms with Crippen LogP contribution in [0.4, 0.5) is 0 Å². The second-order valence-electron chi connectivity index (χ2n) is 4.71. The highest BCUT2D eigenvalue weighted by Gasteiger charge is 2.13. The molecular weight excluding hydrogens is 236 g/mol. The Kier molecular flexibility index (Phi) is 2.95. The van der Waals surface area contributed by atoms with Crippen LogP contribution in [0.1, 0.15) is 19.0 Å². The van der Waals surface area contributed by atoms with E-state index in [9.17, 15) is 4.79 Å². The van der Waals surface area contributed by atoms with Gasteiger partial charge in [0.05, 0.1) is 5.56 Å². The number of benzene rings is 2. The summed E-state index contributed by atoms with van der Waals surface area (Å²) in [5.41, 5.74) is 2.73. The van der Waals surface area contributed by atoms with Gasteiger partial charge in [0, 0.05) is 5.69 Å². The van der Waals surface area contributed by atoms with Crippen LogP contribution in [0, 0.1) is 0 Å². The lowest BCUT2D eigenvalue weighted by atomic mass is 9.97. The minimum atomic E-state index is -0.0418. The van der Waals surface area contributed by atoms with E-state index in [-0.39, 0.29) is 5.56 Å². The molecule has 1 heterocycles. The molecule has 3 rings (SSSR count). The summed E-state index contributed by atoms with van der Waals surface area (Å²) < 4.78 is 0. The predicted octanol–water partition coefficient (Wildman–Crippen LogP) is 3.48. The largest absolute Gasteiger partial charge is 0.302 e. The summed E-state index contributed by atoms with van der Waals surface area (Å²) in [5, 5.41) is 7.98. The summed E-state index contributed by atoms with van der Waals surface area (Å²) in [6.45, 7) is 2.11. The molecule has 0 aliphatic heterocycles. The molecule has 96 valence electrons. The monoisotopic (exact) mass is 252 g/mol. The Balaban J connectivity index is 2.30. The van der Waals surface area contributed by atoms with Gasteiger partial charge in [-0.05, 0) is 22.8 Å². The molecule has 0 aliphatic rings. The predicted molar refractivity (Wildman–Crippen MR) is 78.4 cm³/mol. The molecule has 0 amide bonds. The first-order valence-corrected chi connectivity index (χ1v) is 6.59. The zero-order valence-electron chi connectivity index (χ0n) is 10.9. The molecule has 0 atom stereocenters. The van der Waals surface area contributed by atoms with Crippen molar-refractivity contribution in [1.29, 1.82) is 0 Å². The number of nitrogens with one attached hydrogen (secondary N) is 2. The van der Waals surface area contributed by atoms with Gasteiger partial charge in [-0.3, -0.25) is 9.89 Å². The van der Waals surface area contributed by atoms with Crippen LogP contribution < -0.4 is 5.56 Å². The number of H-pyrrole nitrogens is 2. The lowest BCUT2D eigenvalue weighted by molar-refractivity contribution is 0.866. The highest BCUT2D eigenvalue weighted by atomic mass is 16.1. The zero-order chi connectivity index (χ0) is 13.2. The van der Waals surface area contributed by atoms with Crippen molar-refractivity contribution in [3.8, 4) is 11.1 Å². The van der Waals surface area contributed by atoms with Gasteiger partial charge in [-0.15, -0.1) is 0 Å². The van der Waals surface area contributed by atoms with Gasteiger partial charge in [-0.1, -0.05) is 55.8 Å². The Morgan fingerprint density at radius 3 is 2.63 bits per heavy atom. The normalized spacial score (nSPS) is 11.0. The van der Waals surface area contributed by atoms with Crippen molar-refractivity contribution in [3.05, 3.63) is 58.5 Å². The maximum atomic E-state index is 12.1. The Morgan fingerprint density at radius 2 is 1.79 bits per heavy atom. The average molecular weight is 252 g/mol. The molecular formula is C16H16N2O. The molecule has 0 unspecified atom stereocenters. The highest BCUT2D eigenvalue weighted by molar-refractivity contribution is 5.96. The highest BCUT2D eigenvalue weighted by Crippen LogP contribution is 2.28. The van der Waals surface area contributed by atoms with E-state index >= 15 is 0 Å². The van der Waals surface area contributed by atoms with Gasteiger partial charge < -0.3 is 5.10 Å². The molecule has 0 spiro atoms. The SMILES string of the molecule is CCCc1[nH][nH]c(=O)c1-c1cccc2ccccc12. The topological polar surface area (TPSA) is 48.6 Å². The molecule has 3 nitrogen and oxygen atoms in total. The van der Waals surface area contributed by atoms with Gasteiger partial charge in [0.15, 0.2) is 0 Å². The fourth-order valence-corrected chi connectivity index (χ4v) is 2.56. The molecule has 3 aromatic rings. The number of fused-ring (bicyclic) bond motifs is 1. The first kappa shape index (κ1) is 11.8. The van der Waals surface area contributed by atoms with E-state index in [4.69, 9.17) is 0 Å². The fourth-order valence-electron chi connectivity index (χ4n) is 2.56. The van der Waals surface area contributed by atoms with Gasteiger partial charge >= 0.3 is 0 Å². The Morgan fingerprint density at radius 1 is 1.00 bits per heavy atom. The summed E-state index contributed by atoms with van der Waals surface area (Å²) in [4.78, 5) is 12.1. The molecule has 0 saturated heterocycles. The molecule has 2 N–H and O–H groups in total. The van der Waals surface area contributed by atoms with Crippen molar-refractivity contribution in [3.63, 3.8) is 0 Å². The van der Waals surface area contributed by atoms with Crippen LogP contribution in [0.15, 0.2) is 47.3 Å². The average Bonchev–Trinajstić information content (AvgIpc) is 2.80. The van der Waals surface area contributed by atoms with Gasteiger partial charge in [-0.2, -0.15) is 0 Å². The third kappa shape index (κ3) is 1.97. The van der Waals surface area contributed by atoms with Crippen molar-refractivity contribution in [2.45, 2.75) is 19.8 Å². The minimum absolute atomic E-state index is 0.0418. The van der Waals surface area contributed by atoms with Crippen molar-refractivity contribution >= 4 is 10.8 Å². The second kappa shape index (κ2) is 4.76.